The van der Waals surface area contributed by atoms with Gasteiger partial charge in [-0.2, -0.15) is 0 Å². The summed E-state index contributed by atoms with van der Waals surface area (Å²) in [4.78, 5) is 9.11. The summed E-state index contributed by atoms with van der Waals surface area (Å²) >= 11 is 0. The first-order chi connectivity index (χ1) is 11.5. The van der Waals surface area contributed by atoms with Crippen molar-refractivity contribution >= 4 is 16.9 Å². The van der Waals surface area contributed by atoms with Crippen LogP contribution in [0.25, 0.3) is 22.4 Å². The zero-order valence-corrected chi connectivity index (χ0v) is 15.0. The topological polar surface area (TPSA) is 63.8 Å². The molecular formula is C19H24N4O. The highest BCUT2D eigenvalue weighted by atomic mass is 16.5. The van der Waals surface area contributed by atoms with E-state index in [-0.39, 0.29) is 0 Å². The number of aryl methyl sites for hydroxylation is 3. The lowest BCUT2D eigenvalue weighted by atomic mass is 10.0. The monoisotopic (exact) mass is 324 g/mol. The Hall–Kier alpha value is -2.43. The highest BCUT2D eigenvalue weighted by Crippen LogP contribution is 2.32. The minimum absolute atomic E-state index is 0.358. The van der Waals surface area contributed by atoms with Crippen LogP contribution in [0.1, 0.15) is 43.6 Å². The number of nitrogens with zero attached hydrogens (tertiary/aromatic N) is 3. The van der Waals surface area contributed by atoms with Crippen LogP contribution in [0, 0.1) is 20.8 Å². The zero-order valence-electron chi connectivity index (χ0n) is 15.0. The molecule has 0 aliphatic carbocycles. The summed E-state index contributed by atoms with van der Waals surface area (Å²) in [6.07, 6.45) is 2.05. The van der Waals surface area contributed by atoms with E-state index in [1.807, 2.05) is 6.92 Å². The summed E-state index contributed by atoms with van der Waals surface area (Å²) in [6.45, 7) is 10.4. The Labute approximate surface area is 142 Å². The summed E-state index contributed by atoms with van der Waals surface area (Å²) in [7, 11) is 0. The van der Waals surface area contributed by atoms with Crippen molar-refractivity contribution < 1.29 is 4.52 Å². The minimum atomic E-state index is 0.358. The molecule has 126 valence electrons. The number of aromatic nitrogens is 3. The van der Waals surface area contributed by atoms with Crippen molar-refractivity contribution in [1.82, 2.24) is 15.1 Å². The van der Waals surface area contributed by atoms with E-state index in [2.05, 4.69) is 66.3 Å². The van der Waals surface area contributed by atoms with Gasteiger partial charge in [0.25, 0.3) is 0 Å². The van der Waals surface area contributed by atoms with E-state index < -0.39 is 0 Å². The third-order valence-electron chi connectivity index (χ3n) is 4.39. The van der Waals surface area contributed by atoms with Gasteiger partial charge in [-0.3, -0.25) is 0 Å². The Morgan fingerprint density at radius 3 is 2.50 bits per heavy atom. The van der Waals surface area contributed by atoms with Gasteiger partial charge in [0, 0.05) is 11.6 Å². The smallest absolute Gasteiger partial charge is 0.228 e. The Kier molecular flexibility index (Phi) is 4.51. The number of nitrogens with one attached hydrogen (secondary N) is 1. The van der Waals surface area contributed by atoms with E-state index in [0.29, 0.717) is 17.4 Å². The zero-order chi connectivity index (χ0) is 17.3. The molecule has 5 heteroatoms. The predicted octanol–water partition coefficient (Wildman–Crippen LogP) is 4.81. The molecule has 2 aromatic heterocycles. The van der Waals surface area contributed by atoms with Crippen LogP contribution < -0.4 is 5.32 Å². The molecule has 0 atom stereocenters. The van der Waals surface area contributed by atoms with E-state index in [4.69, 9.17) is 4.52 Å². The maximum atomic E-state index is 5.63. The second-order valence-corrected chi connectivity index (χ2v) is 6.30. The fourth-order valence-corrected chi connectivity index (χ4v) is 2.98. The van der Waals surface area contributed by atoms with Crippen LogP contribution >= 0.6 is 0 Å². The maximum Gasteiger partial charge on any atom is 0.228 e. The average molecular weight is 324 g/mol. The second-order valence-electron chi connectivity index (χ2n) is 6.30. The summed E-state index contributed by atoms with van der Waals surface area (Å²) in [5, 5.41) is 7.77. The molecule has 0 fully saturated rings. The van der Waals surface area contributed by atoms with E-state index in [1.54, 1.807) is 0 Å². The Morgan fingerprint density at radius 1 is 1.08 bits per heavy atom. The molecule has 0 radical (unpaired) electrons. The van der Waals surface area contributed by atoms with Gasteiger partial charge in [-0.15, -0.1) is 0 Å². The molecule has 0 spiro atoms. The first-order valence-electron chi connectivity index (χ1n) is 8.51. The number of benzene rings is 1. The van der Waals surface area contributed by atoms with Crippen LogP contribution in [0.2, 0.25) is 0 Å². The number of fused-ring (bicyclic) bond motifs is 1. The van der Waals surface area contributed by atoms with Crippen LogP contribution in [0.4, 0.5) is 5.82 Å². The van der Waals surface area contributed by atoms with Gasteiger partial charge in [0.2, 0.25) is 5.58 Å². The highest BCUT2D eigenvalue weighted by Gasteiger charge is 2.19. The van der Waals surface area contributed by atoms with Gasteiger partial charge in [-0.25, -0.2) is 9.97 Å². The van der Waals surface area contributed by atoms with E-state index >= 15 is 0 Å². The number of hydrogen-bond acceptors (Lipinski definition) is 5. The molecule has 1 N–H and O–H groups in total. The molecule has 0 saturated carbocycles. The fraction of sp³-hybridized carbons (Fsp3) is 0.421. The van der Waals surface area contributed by atoms with Crippen LogP contribution in [-0.2, 0) is 0 Å². The number of hydrogen-bond donors (Lipinski definition) is 1. The number of rotatable bonds is 5. The summed E-state index contributed by atoms with van der Waals surface area (Å²) < 4.78 is 5.63. The minimum Gasteiger partial charge on any atom is -0.364 e. The molecule has 0 aliphatic heterocycles. The molecule has 0 aliphatic rings. The van der Waals surface area contributed by atoms with Crippen LogP contribution in [-0.4, -0.2) is 21.2 Å². The summed E-state index contributed by atoms with van der Waals surface area (Å²) in [6, 6.07) is 6.66. The van der Waals surface area contributed by atoms with E-state index in [1.165, 1.54) is 5.56 Å². The Morgan fingerprint density at radius 2 is 1.83 bits per heavy atom. The summed E-state index contributed by atoms with van der Waals surface area (Å²) in [5.74, 6) is 1.44. The van der Waals surface area contributed by atoms with Crippen molar-refractivity contribution in [2.45, 2.75) is 53.5 Å². The molecular weight excluding hydrogens is 300 g/mol. The van der Waals surface area contributed by atoms with Crippen LogP contribution in [0.5, 0.6) is 0 Å². The molecule has 0 saturated heterocycles. The second kappa shape index (κ2) is 6.59. The van der Waals surface area contributed by atoms with Crippen molar-refractivity contribution in [3.05, 3.63) is 35.2 Å². The molecule has 5 nitrogen and oxygen atoms in total. The standard InChI is InChI=1S/C19H24N4O/c1-6-14(7-2)22-19-18-17(20-13(5)21-19)16(23-24-18)15-9-8-11(3)10-12(15)4/h8-10,14H,6-7H2,1-5H3,(H,20,21,22). The first kappa shape index (κ1) is 16.4. The summed E-state index contributed by atoms with van der Waals surface area (Å²) in [5.41, 5.74) is 5.61. The van der Waals surface area contributed by atoms with Gasteiger partial charge in [-0.1, -0.05) is 42.8 Å². The SMILES string of the molecule is CCC(CC)Nc1nc(C)nc2c(-c3ccc(C)cc3C)noc12. The first-order valence-corrected chi connectivity index (χ1v) is 8.51. The van der Waals surface area contributed by atoms with Gasteiger partial charge < -0.3 is 9.84 Å². The van der Waals surface area contributed by atoms with Gasteiger partial charge in [-0.05, 0) is 39.2 Å². The molecule has 2 heterocycles. The van der Waals surface area contributed by atoms with Crippen molar-refractivity contribution in [2.24, 2.45) is 0 Å². The average Bonchev–Trinajstić information content (AvgIpc) is 2.96. The lowest BCUT2D eigenvalue weighted by molar-refractivity contribution is 0.458. The van der Waals surface area contributed by atoms with Gasteiger partial charge >= 0.3 is 0 Å². The van der Waals surface area contributed by atoms with Crippen molar-refractivity contribution in [3.63, 3.8) is 0 Å². The normalized spacial score (nSPS) is 11.4. The van der Waals surface area contributed by atoms with E-state index in [0.717, 1.165) is 41.0 Å². The number of anilines is 1. The molecule has 3 rings (SSSR count). The van der Waals surface area contributed by atoms with Gasteiger partial charge in [0.1, 0.15) is 17.0 Å². The highest BCUT2D eigenvalue weighted by molar-refractivity contribution is 5.94. The van der Waals surface area contributed by atoms with Crippen molar-refractivity contribution in [3.8, 4) is 11.3 Å². The lowest BCUT2D eigenvalue weighted by Crippen LogP contribution is -2.18. The van der Waals surface area contributed by atoms with Crippen LogP contribution in [0.3, 0.4) is 0 Å². The lowest BCUT2D eigenvalue weighted by Gasteiger charge is -2.15. The predicted molar refractivity (Wildman–Crippen MR) is 97.2 cm³/mol. The molecule has 24 heavy (non-hydrogen) atoms. The third kappa shape index (κ3) is 2.98. The molecule has 0 bridgehead atoms. The maximum absolute atomic E-state index is 5.63. The molecule has 3 aromatic rings. The fourth-order valence-electron chi connectivity index (χ4n) is 2.98. The van der Waals surface area contributed by atoms with Gasteiger partial charge in [0.15, 0.2) is 5.82 Å². The Balaban J connectivity index is 2.14. The van der Waals surface area contributed by atoms with Crippen molar-refractivity contribution in [1.29, 1.82) is 0 Å². The molecule has 1 aromatic carbocycles. The quantitative estimate of drug-likeness (QED) is 0.729. The van der Waals surface area contributed by atoms with Crippen LogP contribution in [0.15, 0.2) is 22.7 Å². The van der Waals surface area contributed by atoms with Crippen molar-refractivity contribution in [2.75, 3.05) is 5.32 Å². The Bertz CT molecular complexity index is 865. The van der Waals surface area contributed by atoms with E-state index in [9.17, 15) is 0 Å². The molecule has 0 amide bonds. The largest absolute Gasteiger partial charge is 0.364 e. The third-order valence-corrected chi connectivity index (χ3v) is 4.39. The molecule has 0 unspecified atom stereocenters. The van der Waals surface area contributed by atoms with Gasteiger partial charge in [0.05, 0.1) is 0 Å².